The van der Waals surface area contributed by atoms with Gasteiger partial charge in [-0.2, -0.15) is 0 Å². The van der Waals surface area contributed by atoms with Gasteiger partial charge in [0.05, 0.1) is 4.90 Å². The summed E-state index contributed by atoms with van der Waals surface area (Å²) in [7, 11) is -3.71. The van der Waals surface area contributed by atoms with Crippen molar-refractivity contribution in [3.8, 4) is 5.75 Å². The second-order valence-electron chi connectivity index (χ2n) is 6.71. The molecule has 156 valence electrons. The fourth-order valence-corrected chi connectivity index (χ4v) is 3.90. The number of nitrogens with one attached hydrogen (secondary N) is 2. The van der Waals surface area contributed by atoms with Crippen LogP contribution in [-0.4, -0.2) is 20.4 Å². The number of rotatable bonds is 8. The zero-order valence-corrected chi connectivity index (χ0v) is 17.6. The van der Waals surface area contributed by atoms with Crippen LogP contribution in [0.5, 0.6) is 5.75 Å². The first-order chi connectivity index (χ1) is 14.4. The van der Waals surface area contributed by atoms with Gasteiger partial charge in [-0.25, -0.2) is 8.42 Å². The molecule has 1 amide bonds. The number of hydrogen-bond acceptors (Lipinski definition) is 4. The molecule has 30 heavy (non-hydrogen) atoms. The molecular formula is C23H24N2O4S. The highest BCUT2D eigenvalue weighted by Crippen LogP contribution is 2.21. The molecule has 6 nitrogen and oxygen atoms in total. The lowest BCUT2D eigenvalue weighted by Gasteiger charge is -2.17. The molecule has 3 rings (SSSR count). The zero-order valence-electron chi connectivity index (χ0n) is 16.8. The number of hydrogen-bond donors (Lipinski definition) is 2. The predicted molar refractivity (Wildman–Crippen MR) is 118 cm³/mol. The molecule has 3 aromatic rings. The first-order valence-corrected chi connectivity index (χ1v) is 11.1. The minimum atomic E-state index is -3.71. The number of carbonyl (C=O) groups excluding carboxylic acids is 1. The van der Waals surface area contributed by atoms with Gasteiger partial charge in [-0.1, -0.05) is 43.3 Å². The van der Waals surface area contributed by atoms with E-state index in [0.717, 1.165) is 12.0 Å². The molecule has 0 fully saturated rings. The van der Waals surface area contributed by atoms with Gasteiger partial charge in [0.25, 0.3) is 15.9 Å². The van der Waals surface area contributed by atoms with Crippen LogP contribution in [-0.2, 0) is 21.2 Å². The van der Waals surface area contributed by atoms with Crippen molar-refractivity contribution >= 4 is 27.3 Å². The van der Waals surface area contributed by atoms with Crippen molar-refractivity contribution in [1.82, 2.24) is 0 Å². The zero-order chi connectivity index (χ0) is 21.6. The lowest BCUT2D eigenvalue weighted by Crippen LogP contribution is -2.30. The summed E-state index contributed by atoms with van der Waals surface area (Å²) in [5, 5.41) is 2.75. The molecule has 7 heteroatoms. The summed E-state index contributed by atoms with van der Waals surface area (Å²) in [6, 6.07) is 22.2. The number of ether oxygens (including phenoxy) is 1. The Morgan fingerprint density at radius 3 is 2.20 bits per heavy atom. The molecule has 0 saturated carbocycles. The summed E-state index contributed by atoms with van der Waals surface area (Å²) in [4.78, 5) is 12.6. The van der Waals surface area contributed by atoms with Gasteiger partial charge in [0, 0.05) is 11.4 Å². The molecule has 0 radical (unpaired) electrons. The lowest BCUT2D eigenvalue weighted by molar-refractivity contribution is -0.122. The Balaban J connectivity index is 1.64. The highest BCUT2D eigenvalue weighted by molar-refractivity contribution is 7.92. The van der Waals surface area contributed by atoms with Gasteiger partial charge in [-0.3, -0.25) is 9.52 Å². The van der Waals surface area contributed by atoms with Crippen molar-refractivity contribution in [1.29, 1.82) is 0 Å². The van der Waals surface area contributed by atoms with Gasteiger partial charge >= 0.3 is 0 Å². The normalized spacial score (nSPS) is 12.1. The number of benzene rings is 3. The standard InChI is InChI=1S/C23H24N2O4S/c1-3-18-9-7-8-12-22(18)29-17(2)23(26)24-19-13-15-21(16-14-19)30(27,28)25-20-10-5-4-6-11-20/h4-17,25H,3H2,1-2H3,(H,24,26). The van der Waals surface area contributed by atoms with Crippen LogP contribution in [0.25, 0.3) is 0 Å². The van der Waals surface area contributed by atoms with Gasteiger partial charge < -0.3 is 10.1 Å². The van der Waals surface area contributed by atoms with E-state index in [2.05, 4.69) is 10.0 Å². The fraction of sp³-hybridized carbons (Fsp3) is 0.174. The van der Waals surface area contributed by atoms with E-state index >= 15 is 0 Å². The van der Waals surface area contributed by atoms with Crippen molar-refractivity contribution in [3.63, 3.8) is 0 Å². The molecule has 0 aromatic heterocycles. The SMILES string of the molecule is CCc1ccccc1OC(C)C(=O)Nc1ccc(S(=O)(=O)Nc2ccccc2)cc1. The van der Waals surface area contributed by atoms with Crippen molar-refractivity contribution in [2.75, 3.05) is 10.0 Å². The second-order valence-corrected chi connectivity index (χ2v) is 8.39. The van der Waals surface area contributed by atoms with Crippen molar-refractivity contribution in [2.24, 2.45) is 0 Å². The third-order valence-corrected chi connectivity index (χ3v) is 5.88. The third-order valence-electron chi connectivity index (χ3n) is 4.48. The monoisotopic (exact) mass is 424 g/mol. The van der Waals surface area contributed by atoms with Crippen LogP contribution in [0.4, 0.5) is 11.4 Å². The molecule has 3 aromatic carbocycles. The third kappa shape index (κ3) is 5.39. The molecule has 0 aliphatic carbocycles. The van der Waals surface area contributed by atoms with Crippen molar-refractivity contribution in [2.45, 2.75) is 31.3 Å². The number of aryl methyl sites for hydroxylation is 1. The molecule has 1 unspecified atom stereocenters. The minimum absolute atomic E-state index is 0.102. The number of carbonyl (C=O) groups is 1. The first-order valence-electron chi connectivity index (χ1n) is 9.62. The largest absolute Gasteiger partial charge is 0.481 e. The average Bonchev–Trinajstić information content (AvgIpc) is 2.75. The van der Waals surface area contributed by atoms with E-state index < -0.39 is 16.1 Å². The summed E-state index contributed by atoms with van der Waals surface area (Å²) in [5.41, 5.74) is 1.99. The van der Waals surface area contributed by atoms with E-state index in [0.29, 0.717) is 17.1 Å². The summed E-state index contributed by atoms with van der Waals surface area (Å²) in [6.07, 6.45) is 0.0955. The van der Waals surface area contributed by atoms with E-state index in [1.54, 1.807) is 49.4 Å². The van der Waals surface area contributed by atoms with E-state index in [-0.39, 0.29) is 10.8 Å². The Morgan fingerprint density at radius 1 is 0.900 bits per heavy atom. The van der Waals surface area contributed by atoms with Gasteiger partial charge in [0.1, 0.15) is 5.75 Å². The maximum Gasteiger partial charge on any atom is 0.265 e. The molecule has 0 bridgehead atoms. The molecule has 1 atom stereocenters. The number of sulfonamides is 1. The van der Waals surface area contributed by atoms with Crippen molar-refractivity contribution in [3.05, 3.63) is 84.4 Å². The predicted octanol–water partition coefficient (Wildman–Crippen LogP) is 4.46. The summed E-state index contributed by atoms with van der Waals surface area (Å²) >= 11 is 0. The van der Waals surface area contributed by atoms with Crippen LogP contribution in [0.3, 0.4) is 0 Å². The maximum absolute atomic E-state index is 12.5. The van der Waals surface area contributed by atoms with Crippen LogP contribution >= 0.6 is 0 Å². The number of amides is 1. The molecule has 0 aliphatic heterocycles. The Bertz CT molecular complexity index is 1100. The first kappa shape index (κ1) is 21.4. The fourth-order valence-electron chi connectivity index (χ4n) is 2.84. The number of anilines is 2. The Labute approximate surface area is 177 Å². The van der Waals surface area contributed by atoms with Gasteiger partial charge in [0.15, 0.2) is 6.10 Å². The topological polar surface area (TPSA) is 84.5 Å². The van der Waals surface area contributed by atoms with Crippen LogP contribution in [0, 0.1) is 0 Å². The Kier molecular flexibility index (Phi) is 6.74. The van der Waals surface area contributed by atoms with Crippen LogP contribution < -0.4 is 14.8 Å². The average molecular weight is 425 g/mol. The molecule has 0 saturated heterocycles. The van der Waals surface area contributed by atoms with E-state index in [9.17, 15) is 13.2 Å². The molecular weight excluding hydrogens is 400 g/mol. The van der Waals surface area contributed by atoms with Gasteiger partial charge in [-0.15, -0.1) is 0 Å². The molecule has 0 spiro atoms. The highest BCUT2D eigenvalue weighted by Gasteiger charge is 2.18. The molecule has 2 N–H and O–H groups in total. The number of para-hydroxylation sites is 2. The van der Waals surface area contributed by atoms with Crippen LogP contribution in [0.2, 0.25) is 0 Å². The highest BCUT2D eigenvalue weighted by atomic mass is 32.2. The molecule has 0 heterocycles. The minimum Gasteiger partial charge on any atom is -0.481 e. The van der Waals surface area contributed by atoms with Gasteiger partial charge in [0.2, 0.25) is 0 Å². The van der Waals surface area contributed by atoms with E-state index in [4.69, 9.17) is 4.74 Å². The van der Waals surface area contributed by atoms with E-state index in [1.807, 2.05) is 31.2 Å². The summed E-state index contributed by atoms with van der Waals surface area (Å²) < 4.78 is 33.3. The van der Waals surface area contributed by atoms with Gasteiger partial charge in [-0.05, 0) is 61.4 Å². The smallest absolute Gasteiger partial charge is 0.265 e. The quantitative estimate of drug-likeness (QED) is 0.559. The van der Waals surface area contributed by atoms with Crippen molar-refractivity contribution < 1.29 is 17.9 Å². The van der Waals surface area contributed by atoms with E-state index in [1.165, 1.54) is 12.1 Å². The lowest BCUT2D eigenvalue weighted by atomic mass is 10.1. The van der Waals surface area contributed by atoms with Crippen LogP contribution in [0.15, 0.2) is 83.8 Å². The molecule has 0 aliphatic rings. The Morgan fingerprint density at radius 2 is 1.53 bits per heavy atom. The summed E-state index contributed by atoms with van der Waals surface area (Å²) in [5.74, 6) is 0.356. The van der Waals surface area contributed by atoms with Crippen LogP contribution in [0.1, 0.15) is 19.4 Å². The summed E-state index contributed by atoms with van der Waals surface area (Å²) in [6.45, 7) is 3.69. The Hall–Kier alpha value is -3.32. The maximum atomic E-state index is 12.5. The second kappa shape index (κ2) is 9.45.